The van der Waals surface area contributed by atoms with Crippen LogP contribution < -0.4 is 4.74 Å². The Bertz CT molecular complexity index is 746. The Morgan fingerprint density at radius 3 is 2.81 bits per heavy atom. The van der Waals surface area contributed by atoms with E-state index < -0.39 is 0 Å². The lowest BCUT2D eigenvalue weighted by Crippen LogP contribution is -2.04. The van der Waals surface area contributed by atoms with Crippen LogP contribution in [0.3, 0.4) is 0 Å². The molecule has 3 rings (SSSR count). The Morgan fingerprint density at radius 2 is 1.95 bits per heavy atom. The first kappa shape index (κ1) is 13.7. The van der Waals surface area contributed by atoms with Gasteiger partial charge in [-0.3, -0.25) is 0 Å². The Balaban J connectivity index is 1.57. The molecule has 1 aromatic heterocycles. The van der Waals surface area contributed by atoms with E-state index in [9.17, 15) is 0 Å². The van der Waals surface area contributed by atoms with Crippen LogP contribution in [-0.4, -0.2) is 16.2 Å². The van der Waals surface area contributed by atoms with E-state index in [4.69, 9.17) is 4.74 Å². The highest BCUT2D eigenvalue weighted by Crippen LogP contribution is 2.19. The molecule has 0 unspecified atom stereocenters. The van der Waals surface area contributed by atoms with Gasteiger partial charge in [0.05, 0.1) is 24.0 Å². The number of ether oxygens (including phenoxy) is 1. The summed E-state index contributed by atoms with van der Waals surface area (Å²) in [7, 11) is 0. The van der Waals surface area contributed by atoms with Crippen molar-refractivity contribution in [2.24, 2.45) is 0 Å². The van der Waals surface area contributed by atoms with Gasteiger partial charge in [-0.15, -0.1) is 0 Å². The van der Waals surface area contributed by atoms with Crippen LogP contribution >= 0.6 is 0 Å². The zero-order valence-electron chi connectivity index (χ0n) is 12.5. The van der Waals surface area contributed by atoms with E-state index in [-0.39, 0.29) is 0 Å². The van der Waals surface area contributed by atoms with Crippen LogP contribution in [0, 0.1) is 13.8 Å². The zero-order chi connectivity index (χ0) is 14.7. The maximum atomic E-state index is 5.87. The number of aromatic nitrogens is 2. The molecule has 0 aliphatic carbocycles. The normalized spacial score (nSPS) is 11.0. The fourth-order valence-corrected chi connectivity index (χ4v) is 2.57. The molecular weight excluding hydrogens is 260 g/mol. The smallest absolute Gasteiger partial charge is 0.122 e. The van der Waals surface area contributed by atoms with Crippen molar-refractivity contribution in [1.82, 2.24) is 9.55 Å². The van der Waals surface area contributed by atoms with Gasteiger partial charge in [0.25, 0.3) is 0 Å². The number of aryl methyl sites for hydroxylation is 3. The molecule has 21 heavy (non-hydrogen) atoms. The molecule has 1 heterocycles. The van der Waals surface area contributed by atoms with Crippen LogP contribution in [0.2, 0.25) is 0 Å². The molecule has 0 amide bonds. The van der Waals surface area contributed by atoms with Crippen LogP contribution in [-0.2, 0) is 6.54 Å². The van der Waals surface area contributed by atoms with Crippen LogP contribution in [0.25, 0.3) is 11.0 Å². The third kappa shape index (κ3) is 3.07. The molecule has 2 aromatic carbocycles. The lowest BCUT2D eigenvalue weighted by molar-refractivity contribution is 0.300. The van der Waals surface area contributed by atoms with Gasteiger partial charge >= 0.3 is 0 Å². The molecule has 0 aliphatic rings. The van der Waals surface area contributed by atoms with Crippen molar-refractivity contribution in [3.05, 3.63) is 59.9 Å². The van der Waals surface area contributed by atoms with Gasteiger partial charge in [-0.25, -0.2) is 4.98 Å². The van der Waals surface area contributed by atoms with E-state index in [1.807, 2.05) is 24.5 Å². The van der Waals surface area contributed by atoms with Crippen LogP contribution in [0.15, 0.2) is 48.8 Å². The number of hydrogen-bond acceptors (Lipinski definition) is 2. The second kappa shape index (κ2) is 6.00. The average molecular weight is 280 g/mol. The third-order valence-corrected chi connectivity index (χ3v) is 3.66. The zero-order valence-corrected chi connectivity index (χ0v) is 12.5. The maximum Gasteiger partial charge on any atom is 0.122 e. The van der Waals surface area contributed by atoms with Gasteiger partial charge in [0.2, 0.25) is 0 Å². The molecule has 3 nitrogen and oxygen atoms in total. The predicted molar refractivity (Wildman–Crippen MR) is 85.8 cm³/mol. The number of nitrogens with zero attached hydrogens (tertiary/aromatic N) is 2. The van der Waals surface area contributed by atoms with Crippen molar-refractivity contribution in [2.75, 3.05) is 6.61 Å². The first-order valence-corrected chi connectivity index (χ1v) is 7.34. The third-order valence-electron chi connectivity index (χ3n) is 3.66. The summed E-state index contributed by atoms with van der Waals surface area (Å²) in [4.78, 5) is 4.40. The molecule has 0 fully saturated rings. The molecule has 0 radical (unpaired) electrons. The van der Waals surface area contributed by atoms with Crippen molar-refractivity contribution < 1.29 is 4.74 Å². The molecule has 0 aliphatic heterocycles. The van der Waals surface area contributed by atoms with Crippen molar-refractivity contribution in [3.8, 4) is 5.75 Å². The molecule has 0 saturated heterocycles. The summed E-state index contributed by atoms with van der Waals surface area (Å²) in [6, 6.07) is 14.5. The summed E-state index contributed by atoms with van der Waals surface area (Å²) in [6.07, 6.45) is 2.87. The summed E-state index contributed by atoms with van der Waals surface area (Å²) >= 11 is 0. The van der Waals surface area contributed by atoms with E-state index >= 15 is 0 Å². The van der Waals surface area contributed by atoms with Gasteiger partial charge < -0.3 is 9.30 Å². The number of imidazole rings is 1. The summed E-state index contributed by atoms with van der Waals surface area (Å²) in [5.41, 5.74) is 4.70. The standard InChI is InChI=1S/C18H20N2O/c1-14-8-9-18(15(2)12-14)21-11-5-10-20-13-19-16-6-3-4-7-17(16)20/h3-4,6-9,12-13H,5,10-11H2,1-2H3. The Morgan fingerprint density at radius 1 is 1.10 bits per heavy atom. The Kier molecular flexibility index (Phi) is 3.91. The monoisotopic (exact) mass is 280 g/mol. The summed E-state index contributed by atoms with van der Waals surface area (Å²) in [6.45, 7) is 5.83. The second-order valence-electron chi connectivity index (χ2n) is 5.40. The number of fused-ring (bicyclic) bond motifs is 1. The number of para-hydroxylation sites is 2. The van der Waals surface area contributed by atoms with Gasteiger partial charge in [-0.05, 0) is 44.0 Å². The quantitative estimate of drug-likeness (QED) is 0.657. The van der Waals surface area contributed by atoms with Gasteiger partial charge in [0.1, 0.15) is 5.75 Å². The molecule has 0 N–H and O–H groups in total. The van der Waals surface area contributed by atoms with E-state index in [1.165, 1.54) is 16.6 Å². The molecule has 0 atom stereocenters. The van der Waals surface area contributed by atoms with Crippen LogP contribution in [0.4, 0.5) is 0 Å². The Labute approximate surface area is 125 Å². The van der Waals surface area contributed by atoms with Crippen molar-refractivity contribution in [3.63, 3.8) is 0 Å². The second-order valence-corrected chi connectivity index (χ2v) is 5.40. The minimum absolute atomic E-state index is 0.719. The first-order valence-electron chi connectivity index (χ1n) is 7.34. The molecular formula is C18H20N2O. The molecule has 3 heteroatoms. The van der Waals surface area contributed by atoms with E-state index in [2.05, 4.69) is 47.7 Å². The van der Waals surface area contributed by atoms with Gasteiger partial charge in [0, 0.05) is 6.54 Å². The summed E-state index contributed by atoms with van der Waals surface area (Å²) in [5, 5.41) is 0. The predicted octanol–water partition coefficient (Wildman–Crippen LogP) is 4.12. The highest BCUT2D eigenvalue weighted by molar-refractivity contribution is 5.74. The Hall–Kier alpha value is -2.29. The maximum absolute atomic E-state index is 5.87. The molecule has 0 bridgehead atoms. The van der Waals surface area contributed by atoms with Crippen molar-refractivity contribution >= 4 is 11.0 Å². The average Bonchev–Trinajstić information content (AvgIpc) is 2.89. The largest absolute Gasteiger partial charge is 0.493 e. The van der Waals surface area contributed by atoms with E-state index in [0.717, 1.165) is 30.8 Å². The first-order chi connectivity index (χ1) is 10.2. The summed E-state index contributed by atoms with van der Waals surface area (Å²) < 4.78 is 8.05. The number of hydrogen-bond donors (Lipinski definition) is 0. The SMILES string of the molecule is Cc1ccc(OCCCn2cnc3ccccc32)c(C)c1. The topological polar surface area (TPSA) is 27.1 Å². The molecule has 3 aromatic rings. The molecule has 0 spiro atoms. The number of benzene rings is 2. The van der Waals surface area contributed by atoms with E-state index in [0.29, 0.717) is 0 Å². The fraction of sp³-hybridized carbons (Fsp3) is 0.278. The molecule has 0 saturated carbocycles. The lowest BCUT2D eigenvalue weighted by Gasteiger charge is -2.10. The highest BCUT2D eigenvalue weighted by atomic mass is 16.5. The summed E-state index contributed by atoms with van der Waals surface area (Å²) in [5.74, 6) is 0.982. The van der Waals surface area contributed by atoms with Gasteiger partial charge in [0.15, 0.2) is 0 Å². The van der Waals surface area contributed by atoms with Gasteiger partial charge in [-0.2, -0.15) is 0 Å². The van der Waals surface area contributed by atoms with Crippen LogP contribution in [0.1, 0.15) is 17.5 Å². The highest BCUT2D eigenvalue weighted by Gasteiger charge is 2.02. The molecule has 108 valence electrons. The van der Waals surface area contributed by atoms with Crippen molar-refractivity contribution in [2.45, 2.75) is 26.8 Å². The minimum atomic E-state index is 0.719. The van der Waals surface area contributed by atoms with Crippen molar-refractivity contribution in [1.29, 1.82) is 0 Å². The lowest BCUT2D eigenvalue weighted by atomic mass is 10.1. The van der Waals surface area contributed by atoms with Crippen LogP contribution in [0.5, 0.6) is 5.75 Å². The van der Waals surface area contributed by atoms with Gasteiger partial charge in [-0.1, -0.05) is 29.8 Å². The van der Waals surface area contributed by atoms with E-state index in [1.54, 1.807) is 0 Å². The number of rotatable bonds is 5. The fourth-order valence-electron chi connectivity index (χ4n) is 2.57. The minimum Gasteiger partial charge on any atom is -0.493 e.